The first-order valence-corrected chi connectivity index (χ1v) is 10.6. The van der Waals surface area contributed by atoms with Gasteiger partial charge in [-0.1, -0.05) is 78.6 Å². The molecule has 2 bridgehead atoms. The van der Waals surface area contributed by atoms with Crippen LogP contribution in [0.2, 0.25) is 0 Å². The monoisotopic (exact) mass is 304 g/mol. The van der Waals surface area contributed by atoms with E-state index in [-0.39, 0.29) is 0 Å². The van der Waals surface area contributed by atoms with Crippen LogP contribution < -0.4 is 0 Å². The summed E-state index contributed by atoms with van der Waals surface area (Å²) in [5.74, 6) is 7.19. The van der Waals surface area contributed by atoms with Gasteiger partial charge in [-0.15, -0.1) is 0 Å². The summed E-state index contributed by atoms with van der Waals surface area (Å²) in [7, 11) is 0. The fourth-order valence-electron chi connectivity index (χ4n) is 6.76. The summed E-state index contributed by atoms with van der Waals surface area (Å²) in [5, 5.41) is 0. The lowest BCUT2D eigenvalue weighted by Gasteiger charge is -2.47. The summed E-state index contributed by atoms with van der Waals surface area (Å²) in [4.78, 5) is 0. The van der Waals surface area contributed by atoms with Gasteiger partial charge < -0.3 is 0 Å². The molecule has 7 unspecified atom stereocenters. The van der Waals surface area contributed by atoms with Crippen LogP contribution in [0.15, 0.2) is 0 Å². The quantitative estimate of drug-likeness (QED) is 0.448. The molecule has 0 aliphatic heterocycles. The fourth-order valence-corrected chi connectivity index (χ4v) is 6.76. The van der Waals surface area contributed by atoms with E-state index in [4.69, 9.17) is 0 Å². The maximum absolute atomic E-state index is 2.61. The molecule has 3 saturated carbocycles. The Hall–Kier alpha value is 0. The molecule has 0 saturated heterocycles. The SMILES string of the molecule is CC1CCCC2CCCCCC3CCC(C)C(C(C)C1)C3C2. The van der Waals surface area contributed by atoms with Gasteiger partial charge >= 0.3 is 0 Å². The predicted molar refractivity (Wildman–Crippen MR) is 96.9 cm³/mol. The number of hydrogen-bond donors (Lipinski definition) is 0. The Bertz CT molecular complexity index is 333. The molecule has 0 amide bonds. The number of fused-ring (bicyclic) bond motifs is 1. The highest BCUT2D eigenvalue weighted by Crippen LogP contribution is 2.50. The summed E-state index contributed by atoms with van der Waals surface area (Å²) in [6.07, 6.45) is 18.4. The van der Waals surface area contributed by atoms with E-state index in [0.717, 1.165) is 41.4 Å². The topological polar surface area (TPSA) is 0 Å². The van der Waals surface area contributed by atoms with Gasteiger partial charge in [0.25, 0.3) is 0 Å². The van der Waals surface area contributed by atoms with Gasteiger partial charge in [0.1, 0.15) is 0 Å². The van der Waals surface area contributed by atoms with E-state index in [2.05, 4.69) is 20.8 Å². The molecular formula is C22H40. The molecule has 3 fully saturated rings. The van der Waals surface area contributed by atoms with E-state index in [1.807, 2.05) is 0 Å². The van der Waals surface area contributed by atoms with Gasteiger partial charge in [0.05, 0.1) is 0 Å². The maximum Gasteiger partial charge on any atom is -0.0331 e. The van der Waals surface area contributed by atoms with Crippen LogP contribution in [0.1, 0.15) is 97.8 Å². The van der Waals surface area contributed by atoms with E-state index < -0.39 is 0 Å². The van der Waals surface area contributed by atoms with E-state index >= 15 is 0 Å². The van der Waals surface area contributed by atoms with Crippen LogP contribution in [-0.4, -0.2) is 0 Å². The predicted octanol–water partition coefficient (Wildman–Crippen LogP) is 7.08. The molecule has 0 aromatic heterocycles. The highest BCUT2D eigenvalue weighted by atomic mass is 14.5. The Kier molecular flexibility index (Phi) is 5.91. The minimum atomic E-state index is 0.965. The van der Waals surface area contributed by atoms with E-state index in [1.165, 1.54) is 44.9 Å². The Morgan fingerprint density at radius 3 is 2.23 bits per heavy atom. The summed E-state index contributed by atoms with van der Waals surface area (Å²) < 4.78 is 0. The van der Waals surface area contributed by atoms with Gasteiger partial charge in [-0.3, -0.25) is 0 Å². The minimum Gasteiger partial charge on any atom is -0.0625 e. The number of hydrogen-bond acceptors (Lipinski definition) is 0. The highest BCUT2D eigenvalue weighted by molar-refractivity contribution is 4.91. The fraction of sp³-hybridized carbons (Fsp3) is 1.00. The van der Waals surface area contributed by atoms with Crippen molar-refractivity contribution < 1.29 is 0 Å². The molecular weight excluding hydrogens is 264 g/mol. The molecule has 3 rings (SSSR count). The molecule has 0 N–H and O–H groups in total. The van der Waals surface area contributed by atoms with E-state index in [0.29, 0.717) is 0 Å². The van der Waals surface area contributed by atoms with Crippen LogP contribution >= 0.6 is 0 Å². The van der Waals surface area contributed by atoms with Crippen LogP contribution in [0.3, 0.4) is 0 Å². The third-order valence-corrected chi connectivity index (χ3v) is 7.78. The zero-order valence-corrected chi connectivity index (χ0v) is 15.5. The lowest BCUT2D eigenvalue weighted by atomic mass is 9.58. The Morgan fingerprint density at radius 1 is 0.591 bits per heavy atom. The lowest BCUT2D eigenvalue weighted by molar-refractivity contribution is 0.0237. The van der Waals surface area contributed by atoms with Crippen molar-refractivity contribution in [3.63, 3.8) is 0 Å². The van der Waals surface area contributed by atoms with Crippen molar-refractivity contribution in [2.45, 2.75) is 97.8 Å². The first-order chi connectivity index (χ1) is 10.6. The number of rotatable bonds is 0. The normalized spacial score (nSPS) is 47.9. The van der Waals surface area contributed by atoms with Crippen LogP contribution in [-0.2, 0) is 0 Å². The largest absolute Gasteiger partial charge is 0.0625 e. The Morgan fingerprint density at radius 2 is 1.36 bits per heavy atom. The van der Waals surface area contributed by atoms with Gasteiger partial charge in [-0.2, -0.15) is 0 Å². The Balaban J connectivity index is 1.85. The van der Waals surface area contributed by atoms with Gasteiger partial charge in [-0.05, 0) is 60.7 Å². The van der Waals surface area contributed by atoms with Crippen molar-refractivity contribution in [1.29, 1.82) is 0 Å². The molecule has 128 valence electrons. The van der Waals surface area contributed by atoms with Gasteiger partial charge in [0.15, 0.2) is 0 Å². The van der Waals surface area contributed by atoms with Crippen molar-refractivity contribution in [2.24, 2.45) is 41.4 Å². The van der Waals surface area contributed by atoms with E-state index in [9.17, 15) is 0 Å². The summed E-state index contributed by atoms with van der Waals surface area (Å²) in [5.41, 5.74) is 0. The molecule has 0 spiro atoms. The van der Waals surface area contributed by atoms with E-state index in [1.54, 1.807) is 32.1 Å². The molecule has 0 heteroatoms. The van der Waals surface area contributed by atoms with Crippen LogP contribution in [0.4, 0.5) is 0 Å². The van der Waals surface area contributed by atoms with Crippen molar-refractivity contribution in [2.75, 3.05) is 0 Å². The third-order valence-electron chi connectivity index (χ3n) is 7.78. The van der Waals surface area contributed by atoms with Crippen LogP contribution in [0.25, 0.3) is 0 Å². The first-order valence-electron chi connectivity index (χ1n) is 10.6. The Labute approximate surface area is 139 Å². The van der Waals surface area contributed by atoms with Crippen molar-refractivity contribution >= 4 is 0 Å². The van der Waals surface area contributed by atoms with Gasteiger partial charge in [0, 0.05) is 0 Å². The lowest BCUT2D eigenvalue weighted by Crippen LogP contribution is -2.39. The molecule has 3 aliphatic carbocycles. The zero-order chi connectivity index (χ0) is 15.5. The smallest absolute Gasteiger partial charge is 0.0331 e. The minimum absolute atomic E-state index is 0.965. The highest BCUT2D eigenvalue weighted by Gasteiger charge is 2.41. The van der Waals surface area contributed by atoms with Crippen LogP contribution in [0, 0.1) is 41.4 Å². The molecule has 7 atom stereocenters. The van der Waals surface area contributed by atoms with Crippen LogP contribution in [0.5, 0.6) is 0 Å². The summed E-state index contributed by atoms with van der Waals surface area (Å²) in [6.45, 7) is 7.74. The van der Waals surface area contributed by atoms with Crippen molar-refractivity contribution in [1.82, 2.24) is 0 Å². The maximum atomic E-state index is 2.61. The zero-order valence-electron chi connectivity index (χ0n) is 15.5. The second-order valence-electron chi connectivity index (χ2n) is 9.54. The average Bonchev–Trinajstić information content (AvgIpc) is 2.56. The molecule has 0 aromatic rings. The molecule has 0 radical (unpaired) electrons. The standard InChI is InChI=1S/C22H40/c1-16-8-7-10-19-9-5-4-6-11-20-13-12-17(2)22(18(3)14-16)21(20)15-19/h16-22H,4-15H2,1-3H3. The first kappa shape index (κ1) is 16.8. The summed E-state index contributed by atoms with van der Waals surface area (Å²) in [6, 6.07) is 0. The molecule has 0 aromatic carbocycles. The second kappa shape index (κ2) is 7.71. The summed E-state index contributed by atoms with van der Waals surface area (Å²) >= 11 is 0. The second-order valence-corrected chi connectivity index (χ2v) is 9.54. The molecule has 0 nitrogen and oxygen atoms in total. The van der Waals surface area contributed by atoms with Crippen molar-refractivity contribution in [3.05, 3.63) is 0 Å². The molecule has 0 heterocycles. The average molecular weight is 305 g/mol. The van der Waals surface area contributed by atoms with Gasteiger partial charge in [-0.25, -0.2) is 0 Å². The van der Waals surface area contributed by atoms with Gasteiger partial charge in [0.2, 0.25) is 0 Å². The third kappa shape index (κ3) is 3.90. The van der Waals surface area contributed by atoms with Crippen molar-refractivity contribution in [3.8, 4) is 0 Å². The molecule has 3 aliphatic rings. The molecule has 22 heavy (non-hydrogen) atoms.